The molecule has 0 aliphatic carbocycles. The number of rotatable bonds is 6. The molecule has 0 aliphatic rings. The number of nitrogens with zero attached hydrogens (tertiary/aromatic N) is 1. The summed E-state index contributed by atoms with van der Waals surface area (Å²) >= 11 is 5.85. The predicted octanol–water partition coefficient (Wildman–Crippen LogP) is 2.81. The largest absolute Gasteiger partial charge is 0.489 e. The molecule has 8 heteroatoms. The molecule has 1 unspecified atom stereocenters. The number of hydrogen-bond donors (Lipinski definition) is 3. The van der Waals surface area contributed by atoms with E-state index in [1.807, 2.05) is 39.8 Å². The molecule has 0 bridgehead atoms. The molecule has 0 fully saturated rings. The molecule has 0 heterocycles. The fraction of sp³-hybridized carbons (Fsp3) is 0.529. The summed E-state index contributed by atoms with van der Waals surface area (Å²) in [7, 11) is 1.65. The van der Waals surface area contributed by atoms with Crippen LogP contribution in [-0.4, -0.2) is 43.6 Å². The molecule has 0 spiro atoms. The molecule has 0 saturated carbocycles. The molecule has 0 radical (unpaired) electrons. The summed E-state index contributed by atoms with van der Waals surface area (Å²) in [5.74, 6) is 1.21. The third-order valence-electron chi connectivity index (χ3n) is 2.86. The van der Waals surface area contributed by atoms with E-state index in [1.54, 1.807) is 19.2 Å². The van der Waals surface area contributed by atoms with Crippen LogP contribution in [0, 0.1) is 0 Å². The first-order valence-corrected chi connectivity index (χ1v) is 8.25. The molecule has 25 heavy (non-hydrogen) atoms. The van der Waals surface area contributed by atoms with Crippen molar-refractivity contribution in [2.75, 3.05) is 20.1 Å². The third-order valence-corrected chi connectivity index (χ3v) is 3.11. The van der Waals surface area contributed by atoms with E-state index < -0.39 is 0 Å². The zero-order valence-corrected chi connectivity index (χ0v) is 18.4. The zero-order chi connectivity index (χ0) is 18.2. The van der Waals surface area contributed by atoms with Crippen molar-refractivity contribution in [1.82, 2.24) is 16.0 Å². The molecule has 3 N–H and O–H groups in total. The Balaban J connectivity index is 0.00000576. The minimum atomic E-state index is -0.253. The van der Waals surface area contributed by atoms with Gasteiger partial charge in [0, 0.05) is 17.6 Å². The van der Waals surface area contributed by atoms with Crippen LogP contribution in [0.5, 0.6) is 5.75 Å². The Kier molecular flexibility index (Phi) is 10.8. The van der Waals surface area contributed by atoms with Gasteiger partial charge in [0.05, 0.1) is 13.1 Å². The van der Waals surface area contributed by atoms with E-state index in [-0.39, 0.29) is 48.1 Å². The lowest BCUT2D eigenvalue weighted by atomic mass is 10.1. The highest BCUT2D eigenvalue weighted by atomic mass is 127. The van der Waals surface area contributed by atoms with Crippen molar-refractivity contribution >= 4 is 47.4 Å². The number of carbonyl (C=O) groups excluding carboxylic acids is 1. The summed E-state index contributed by atoms with van der Waals surface area (Å²) in [5.41, 5.74) is -0.253. The molecule has 1 rings (SSSR count). The van der Waals surface area contributed by atoms with Gasteiger partial charge in [0.15, 0.2) is 5.96 Å². The van der Waals surface area contributed by atoms with E-state index in [9.17, 15) is 4.79 Å². The van der Waals surface area contributed by atoms with Crippen molar-refractivity contribution in [2.24, 2.45) is 4.99 Å². The predicted molar refractivity (Wildman–Crippen MR) is 114 cm³/mol. The second kappa shape index (κ2) is 11.4. The Morgan fingerprint density at radius 1 is 1.24 bits per heavy atom. The summed E-state index contributed by atoms with van der Waals surface area (Å²) in [6, 6.07) is 7.21. The van der Waals surface area contributed by atoms with Gasteiger partial charge in [-0.2, -0.15) is 0 Å². The number of benzene rings is 1. The van der Waals surface area contributed by atoms with E-state index >= 15 is 0 Å². The summed E-state index contributed by atoms with van der Waals surface area (Å²) in [5, 5.41) is 9.65. The SMILES string of the molecule is CN=C(NCC(=O)NC(C)(C)C)NCC(C)Oc1ccc(Cl)cc1.I. The second-order valence-corrected chi connectivity index (χ2v) is 6.92. The Morgan fingerprint density at radius 2 is 1.84 bits per heavy atom. The van der Waals surface area contributed by atoms with Gasteiger partial charge in [0.25, 0.3) is 0 Å². The maximum atomic E-state index is 11.8. The Labute approximate surface area is 172 Å². The number of ether oxygens (including phenoxy) is 1. The number of carbonyl (C=O) groups is 1. The smallest absolute Gasteiger partial charge is 0.239 e. The van der Waals surface area contributed by atoms with Crippen LogP contribution in [0.2, 0.25) is 5.02 Å². The summed E-state index contributed by atoms with van der Waals surface area (Å²) in [6.07, 6.45) is -0.0758. The minimum absolute atomic E-state index is 0. The topological polar surface area (TPSA) is 74.8 Å². The van der Waals surface area contributed by atoms with Crippen molar-refractivity contribution in [2.45, 2.75) is 39.3 Å². The second-order valence-electron chi connectivity index (χ2n) is 6.49. The lowest BCUT2D eigenvalue weighted by Gasteiger charge is -2.21. The Hall–Kier alpha value is -1.22. The van der Waals surface area contributed by atoms with E-state index in [4.69, 9.17) is 16.3 Å². The van der Waals surface area contributed by atoms with Gasteiger partial charge in [0.2, 0.25) is 5.91 Å². The fourth-order valence-electron chi connectivity index (χ4n) is 1.87. The van der Waals surface area contributed by atoms with Crippen LogP contribution in [0.25, 0.3) is 0 Å². The highest BCUT2D eigenvalue weighted by Gasteiger charge is 2.14. The maximum Gasteiger partial charge on any atom is 0.239 e. The van der Waals surface area contributed by atoms with Gasteiger partial charge in [-0.3, -0.25) is 9.79 Å². The number of guanidine groups is 1. The first-order valence-electron chi connectivity index (χ1n) is 7.87. The quantitative estimate of drug-likeness (QED) is 0.331. The van der Waals surface area contributed by atoms with Gasteiger partial charge in [-0.25, -0.2) is 0 Å². The van der Waals surface area contributed by atoms with Crippen molar-refractivity contribution in [3.63, 3.8) is 0 Å². The lowest BCUT2D eigenvalue weighted by Crippen LogP contribution is -2.49. The maximum absolute atomic E-state index is 11.8. The highest BCUT2D eigenvalue weighted by Crippen LogP contribution is 2.16. The molecule has 6 nitrogen and oxygen atoms in total. The average molecular weight is 483 g/mol. The van der Waals surface area contributed by atoms with Crippen LogP contribution in [0.3, 0.4) is 0 Å². The molecule has 1 aromatic carbocycles. The van der Waals surface area contributed by atoms with Gasteiger partial charge >= 0.3 is 0 Å². The number of aliphatic imine (C=N–C) groups is 1. The van der Waals surface area contributed by atoms with Gasteiger partial charge in [-0.15, -0.1) is 24.0 Å². The van der Waals surface area contributed by atoms with Crippen LogP contribution in [0.15, 0.2) is 29.3 Å². The Morgan fingerprint density at radius 3 is 2.36 bits per heavy atom. The van der Waals surface area contributed by atoms with E-state index in [0.29, 0.717) is 17.5 Å². The summed E-state index contributed by atoms with van der Waals surface area (Å²) in [4.78, 5) is 15.9. The number of nitrogens with one attached hydrogen (secondary N) is 3. The Bertz CT molecular complexity index is 559. The van der Waals surface area contributed by atoms with E-state index in [0.717, 1.165) is 5.75 Å². The van der Waals surface area contributed by atoms with Gasteiger partial charge < -0.3 is 20.7 Å². The summed E-state index contributed by atoms with van der Waals surface area (Å²) < 4.78 is 5.77. The monoisotopic (exact) mass is 482 g/mol. The fourth-order valence-corrected chi connectivity index (χ4v) is 2.00. The summed E-state index contributed by atoms with van der Waals surface area (Å²) in [6.45, 7) is 8.46. The van der Waals surface area contributed by atoms with Gasteiger partial charge in [-0.05, 0) is 52.0 Å². The molecular formula is C17H28ClIN4O2. The molecule has 0 aromatic heterocycles. The zero-order valence-electron chi connectivity index (χ0n) is 15.4. The number of halogens is 2. The highest BCUT2D eigenvalue weighted by molar-refractivity contribution is 14.0. The van der Waals surface area contributed by atoms with Crippen LogP contribution in [-0.2, 0) is 4.79 Å². The third kappa shape index (κ3) is 11.1. The minimum Gasteiger partial charge on any atom is -0.489 e. The van der Waals surface area contributed by atoms with Crippen molar-refractivity contribution < 1.29 is 9.53 Å². The molecule has 142 valence electrons. The molecular weight excluding hydrogens is 455 g/mol. The molecule has 0 saturated heterocycles. The van der Waals surface area contributed by atoms with E-state index in [2.05, 4.69) is 20.9 Å². The molecule has 1 atom stereocenters. The molecule has 0 aliphatic heterocycles. The van der Waals surface area contributed by atoms with Crippen LogP contribution in [0.1, 0.15) is 27.7 Å². The van der Waals surface area contributed by atoms with Crippen LogP contribution >= 0.6 is 35.6 Å². The van der Waals surface area contributed by atoms with Crippen LogP contribution < -0.4 is 20.7 Å². The lowest BCUT2D eigenvalue weighted by molar-refractivity contribution is -0.121. The molecule has 1 aromatic rings. The normalized spacial score (nSPS) is 12.6. The van der Waals surface area contributed by atoms with Gasteiger partial charge in [0.1, 0.15) is 11.9 Å². The first kappa shape index (κ1) is 23.8. The average Bonchev–Trinajstić information content (AvgIpc) is 2.48. The van der Waals surface area contributed by atoms with Crippen molar-refractivity contribution in [3.05, 3.63) is 29.3 Å². The number of amides is 1. The van der Waals surface area contributed by atoms with E-state index in [1.165, 1.54) is 0 Å². The standard InChI is InChI=1S/C17H27ClN4O2.HI/c1-12(24-14-8-6-13(18)7-9-14)10-20-16(19-5)21-11-15(23)22-17(2,3)4;/h6-9,12H,10-11H2,1-5H3,(H,22,23)(H2,19,20,21);1H. The molecule has 1 amide bonds. The first-order chi connectivity index (χ1) is 11.2. The van der Waals surface area contributed by atoms with Crippen molar-refractivity contribution in [3.8, 4) is 5.75 Å². The van der Waals surface area contributed by atoms with Crippen molar-refractivity contribution in [1.29, 1.82) is 0 Å². The number of hydrogen-bond acceptors (Lipinski definition) is 3. The van der Waals surface area contributed by atoms with Crippen LogP contribution in [0.4, 0.5) is 0 Å². The van der Waals surface area contributed by atoms with Gasteiger partial charge in [-0.1, -0.05) is 11.6 Å².